The van der Waals surface area contributed by atoms with Gasteiger partial charge in [-0.2, -0.15) is 0 Å². The smallest absolute Gasteiger partial charge is 0.274 e. The van der Waals surface area contributed by atoms with Crippen molar-refractivity contribution in [2.75, 3.05) is 31.1 Å². The third-order valence-corrected chi connectivity index (χ3v) is 8.08. The van der Waals surface area contributed by atoms with E-state index in [2.05, 4.69) is 31.3 Å². The predicted octanol–water partition coefficient (Wildman–Crippen LogP) is 5.96. The van der Waals surface area contributed by atoms with Crippen LogP contribution in [0.5, 0.6) is 0 Å². The van der Waals surface area contributed by atoms with E-state index < -0.39 is 11.4 Å². The van der Waals surface area contributed by atoms with Crippen LogP contribution in [0.25, 0.3) is 28.0 Å². The molecule has 1 aliphatic rings. The van der Waals surface area contributed by atoms with Crippen molar-refractivity contribution >= 4 is 22.6 Å². The first-order valence-electron chi connectivity index (χ1n) is 14.6. The summed E-state index contributed by atoms with van der Waals surface area (Å²) in [7, 11) is 0. The molecule has 1 fully saturated rings. The number of piperazine rings is 1. The van der Waals surface area contributed by atoms with Crippen molar-refractivity contribution in [2.24, 2.45) is 0 Å². The molecule has 4 heterocycles. The lowest BCUT2D eigenvalue weighted by molar-refractivity contribution is -0.126. The molecule has 0 atom stereocenters. The molecule has 220 valence electrons. The highest BCUT2D eigenvalue weighted by Gasteiger charge is 2.29. The topological polar surface area (TPSA) is 71.3 Å². The van der Waals surface area contributed by atoms with Gasteiger partial charge in [0.25, 0.3) is 5.56 Å². The zero-order chi connectivity index (χ0) is 31.0. The first kappa shape index (κ1) is 29.7. The average Bonchev–Trinajstić information content (AvgIpc) is 3.00. The number of hydrogen-bond donors (Lipinski definition) is 0. The van der Waals surface area contributed by atoms with Crippen LogP contribution in [0.15, 0.2) is 60.0 Å². The van der Waals surface area contributed by atoms with E-state index in [1.165, 1.54) is 12.1 Å². The monoisotopic (exact) mass is 577 g/mol. The first-order valence-corrected chi connectivity index (χ1v) is 14.6. The minimum absolute atomic E-state index is 0.0172. The highest BCUT2D eigenvalue weighted by molar-refractivity contribution is 5.96. The molecule has 1 aromatic carbocycles. The molecular weight excluding hydrogens is 541 g/mol. The van der Waals surface area contributed by atoms with Gasteiger partial charge < -0.3 is 9.80 Å². The molecule has 43 heavy (non-hydrogen) atoms. The third-order valence-electron chi connectivity index (χ3n) is 8.08. The summed E-state index contributed by atoms with van der Waals surface area (Å²) in [5, 5.41) is 0.430. The second-order valence-electron chi connectivity index (χ2n) is 11.5. The Hall–Kier alpha value is -4.77. The van der Waals surface area contributed by atoms with Gasteiger partial charge in [-0.15, -0.1) is 6.42 Å². The van der Waals surface area contributed by atoms with E-state index in [1.807, 2.05) is 56.0 Å². The van der Waals surface area contributed by atoms with Gasteiger partial charge in [-0.05, 0) is 48.1 Å². The Bertz CT molecular complexity index is 1820. The summed E-state index contributed by atoms with van der Waals surface area (Å²) in [6, 6.07) is 10.8. The maximum atomic E-state index is 16.1. The zero-order valence-corrected chi connectivity index (χ0v) is 25.3. The summed E-state index contributed by atoms with van der Waals surface area (Å²) in [6.45, 7) is 15.3. The number of pyridine rings is 3. The molecular formula is C35H36FN5O2. The van der Waals surface area contributed by atoms with Gasteiger partial charge in [0.15, 0.2) is 5.65 Å². The van der Waals surface area contributed by atoms with Crippen molar-refractivity contribution in [3.63, 3.8) is 0 Å². The van der Waals surface area contributed by atoms with Crippen LogP contribution in [0.2, 0.25) is 0 Å². The minimum atomic E-state index is -0.518. The summed E-state index contributed by atoms with van der Waals surface area (Å²) in [5.74, 6) is 2.00. The molecule has 1 aliphatic heterocycles. The molecule has 0 N–H and O–H groups in total. The Morgan fingerprint density at radius 2 is 1.77 bits per heavy atom. The molecule has 7 nitrogen and oxygen atoms in total. The van der Waals surface area contributed by atoms with E-state index in [9.17, 15) is 9.59 Å². The van der Waals surface area contributed by atoms with Gasteiger partial charge in [0.2, 0.25) is 5.91 Å². The van der Waals surface area contributed by atoms with E-state index in [0.717, 1.165) is 16.8 Å². The van der Waals surface area contributed by atoms with Crippen molar-refractivity contribution in [1.82, 2.24) is 19.4 Å². The highest BCUT2D eigenvalue weighted by Crippen LogP contribution is 2.37. The average molecular weight is 578 g/mol. The number of amides is 1. The van der Waals surface area contributed by atoms with Gasteiger partial charge in [0, 0.05) is 43.3 Å². The standard InChI is InChI=1S/C35H36FN5O2/c1-8-24-32(40-18-16-39(17-19-40)29(42)9-2)27-20-28(36)31(26-13-11-10-12-23(26)7)38-34(27)41(35(24)43)33-25(21(3)4)14-15-37-30(33)22(5)6/h1,9-15,20-22H,2,16-19H2,3-7H3. The third kappa shape index (κ3) is 5.20. The number of rotatable bonds is 6. The molecule has 1 amide bonds. The maximum absolute atomic E-state index is 16.1. The number of aryl methyl sites for hydroxylation is 1. The van der Waals surface area contributed by atoms with Crippen LogP contribution in [0, 0.1) is 25.1 Å². The lowest BCUT2D eigenvalue weighted by atomic mass is 9.96. The van der Waals surface area contributed by atoms with E-state index >= 15 is 4.39 Å². The summed E-state index contributed by atoms with van der Waals surface area (Å²) >= 11 is 0. The maximum Gasteiger partial charge on any atom is 0.274 e. The summed E-state index contributed by atoms with van der Waals surface area (Å²) in [4.78, 5) is 40.1. The molecule has 0 bridgehead atoms. The van der Waals surface area contributed by atoms with Gasteiger partial charge in [-0.3, -0.25) is 19.1 Å². The van der Waals surface area contributed by atoms with Gasteiger partial charge in [0.05, 0.1) is 17.1 Å². The number of anilines is 1. The Balaban J connectivity index is 1.91. The second kappa shape index (κ2) is 11.8. The van der Waals surface area contributed by atoms with Crippen LogP contribution in [-0.2, 0) is 4.79 Å². The van der Waals surface area contributed by atoms with E-state index in [4.69, 9.17) is 11.4 Å². The van der Waals surface area contributed by atoms with Crippen LogP contribution in [0.1, 0.15) is 61.9 Å². The number of carbonyl (C=O) groups is 1. The Morgan fingerprint density at radius 1 is 1.07 bits per heavy atom. The normalized spacial score (nSPS) is 13.6. The Kier molecular flexibility index (Phi) is 8.19. The lowest BCUT2D eigenvalue weighted by Crippen LogP contribution is -2.49. The highest BCUT2D eigenvalue weighted by atomic mass is 19.1. The lowest BCUT2D eigenvalue weighted by Gasteiger charge is -2.37. The fourth-order valence-electron chi connectivity index (χ4n) is 5.86. The van der Waals surface area contributed by atoms with Crippen molar-refractivity contribution in [3.05, 3.63) is 93.8 Å². The Morgan fingerprint density at radius 3 is 2.37 bits per heavy atom. The van der Waals surface area contributed by atoms with Crippen LogP contribution in [-0.4, -0.2) is 51.5 Å². The first-order chi connectivity index (χ1) is 20.6. The predicted molar refractivity (Wildman–Crippen MR) is 170 cm³/mol. The van der Waals surface area contributed by atoms with E-state index in [1.54, 1.807) is 15.7 Å². The largest absolute Gasteiger partial charge is 0.366 e. The molecule has 5 rings (SSSR count). The van der Waals surface area contributed by atoms with Crippen molar-refractivity contribution < 1.29 is 9.18 Å². The summed E-state index contributed by atoms with van der Waals surface area (Å²) in [6.07, 6.45) is 9.12. The number of aromatic nitrogens is 3. The summed E-state index contributed by atoms with van der Waals surface area (Å²) < 4.78 is 17.7. The molecule has 3 aromatic heterocycles. The second-order valence-corrected chi connectivity index (χ2v) is 11.5. The molecule has 4 aromatic rings. The number of fused-ring (bicyclic) bond motifs is 1. The van der Waals surface area contributed by atoms with Crippen LogP contribution < -0.4 is 10.5 Å². The van der Waals surface area contributed by atoms with E-state index in [-0.39, 0.29) is 29.0 Å². The quantitative estimate of drug-likeness (QED) is 0.209. The number of nitrogens with zero attached hydrogens (tertiary/aromatic N) is 5. The molecule has 0 aliphatic carbocycles. The van der Waals surface area contributed by atoms with Gasteiger partial charge in [0.1, 0.15) is 17.1 Å². The number of benzene rings is 1. The molecule has 0 saturated carbocycles. The number of hydrogen-bond acceptors (Lipinski definition) is 5. The Labute approximate surface area is 251 Å². The number of carbonyl (C=O) groups excluding carboxylic acids is 1. The van der Waals surface area contributed by atoms with Crippen molar-refractivity contribution in [1.29, 1.82) is 0 Å². The van der Waals surface area contributed by atoms with Crippen LogP contribution >= 0.6 is 0 Å². The van der Waals surface area contributed by atoms with E-state index in [0.29, 0.717) is 54.2 Å². The SMILES string of the molecule is C#Cc1c(N2CCN(C(=O)C=C)CC2)c2cc(F)c(-c3ccccc3C)nc2n(-c2c(C(C)C)ccnc2C(C)C)c1=O. The summed E-state index contributed by atoms with van der Waals surface area (Å²) in [5.41, 5.74) is 4.38. The minimum Gasteiger partial charge on any atom is -0.366 e. The van der Waals surface area contributed by atoms with Crippen molar-refractivity contribution in [2.45, 2.75) is 46.5 Å². The van der Waals surface area contributed by atoms with Crippen molar-refractivity contribution in [3.8, 4) is 29.3 Å². The molecule has 8 heteroatoms. The van der Waals surface area contributed by atoms with Gasteiger partial charge >= 0.3 is 0 Å². The van der Waals surface area contributed by atoms with Crippen LogP contribution in [0.4, 0.5) is 10.1 Å². The van der Waals surface area contributed by atoms with Crippen LogP contribution in [0.3, 0.4) is 0 Å². The fraction of sp³-hybridized carbons (Fsp3) is 0.314. The number of halogens is 1. The van der Waals surface area contributed by atoms with Gasteiger partial charge in [-0.1, -0.05) is 64.5 Å². The molecule has 1 saturated heterocycles. The molecule has 0 unspecified atom stereocenters. The fourth-order valence-corrected chi connectivity index (χ4v) is 5.86. The zero-order valence-electron chi connectivity index (χ0n) is 25.3. The molecule has 0 spiro atoms. The number of terminal acetylenes is 1. The molecule has 0 radical (unpaired) electrons. The van der Waals surface area contributed by atoms with Gasteiger partial charge in [-0.25, -0.2) is 9.37 Å².